The van der Waals surface area contributed by atoms with Gasteiger partial charge in [-0.1, -0.05) is 6.92 Å². The van der Waals surface area contributed by atoms with E-state index in [0.717, 1.165) is 25.2 Å². The van der Waals surface area contributed by atoms with Crippen LogP contribution in [0.1, 0.15) is 32.6 Å². The van der Waals surface area contributed by atoms with Gasteiger partial charge in [0.2, 0.25) is 0 Å². The van der Waals surface area contributed by atoms with Crippen LogP contribution in [0.15, 0.2) is 0 Å². The molecule has 0 aromatic carbocycles. The van der Waals surface area contributed by atoms with E-state index >= 15 is 0 Å². The minimum absolute atomic E-state index is 0.786. The lowest BCUT2D eigenvalue weighted by Crippen LogP contribution is -2.43. The second-order valence-corrected chi connectivity index (χ2v) is 5.12. The quantitative estimate of drug-likeness (QED) is 0.786. The monoisotopic (exact) mass is 226 g/mol. The molecule has 3 heteroatoms. The molecule has 2 aliphatic rings. The second-order valence-electron chi connectivity index (χ2n) is 5.12. The highest BCUT2D eigenvalue weighted by molar-refractivity contribution is 4.78. The van der Waals surface area contributed by atoms with Crippen molar-refractivity contribution in [2.24, 2.45) is 5.92 Å². The van der Waals surface area contributed by atoms with E-state index in [4.69, 9.17) is 4.74 Å². The van der Waals surface area contributed by atoms with Crippen molar-refractivity contribution in [3.05, 3.63) is 0 Å². The van der Waals surface area contributed by atoms with Gasteiger partial charge in [-0.3, -0.25) is 0 Å². The molecule has 94 valence electrons. The molecule has 2 aliphatic heterocycles. The molecule has 2 heterocycles. The Morgan fingerprint density at radius 2 is 1.81 bits per heavy atom. The number of hydrogen-bond donors (Lipinski definition) is 1. The SMILES string of the molecule is CCN(CC1CCNCC1)C1CCOCC1. The molecule has 0 radical (unpaired) electrons. The van der Waals surface area contributed by atoms with Gasteiger partial charge in [0.25, 0.3) is 0 Å². The van der Waals surface area contributed by atoms with Gasteiger partial charge in [-0.15, -0.1) is 0 Å². The third kappa shape index (κ3) is 3.44. The molecule has 0 spiro atoms. The molecule has 0 aromatic heterocycles. The van der Waals surface area contributed by atoms with E-state index in [2.05, 4.69) is 17.1 Å². The van der Waals surface area contributed by atoms with Crippen LogP contribution in [0.25, 0.3) is 0 Å². The average Bonchev–Trinajstić information content (AvgIpc) is 2.38. The van der Waals surface area contributed by atoms with Crippen molar-refractivity contribution in [2.45, 2.75) is 38.6 Å². The van der Waals surface area contributed by atoms with Crippen molar-refractivity contribution >= 4 is 0 Å². The molecule has 3 nitrogen and oxygen atoms in total. The zero-order valence-electron chi connectivity index (χ0n) is 10.6. The Labute approximate surface area is 99.5 Å². The van der Waals surface area contributed by atoms with Crippen molar-refractivity contribution in [1.82, 2.24) is 10.2 Å². The number of nitrogens with zero attached hydrogens (tertiary/aromatic N) is 1. The summed E-state index contributed by atoms with van der Waals surface area (Å²) >= 11 is 0. The molecule has 0 saturated carbocycles. The van der Waals surface area contributed by atoms with E-state index in [0.29, 0.717) is 0 Å². The van der Waals surface area contributed by atoms with Gasteiger partial charge in [-0.25, -0.2) is 0 Å². The fourth-order valence-electron chi connectivity index (χ4n) is 2.98. The minimum atomic E-state index is 0.786. The molecule has 0 amide bonds. The zero-order valence-corrected chi connectivity index (χ0v) is 10.6. The molecule has 16 heavy (non-hydrogen) atoms. The highest BCUT2D eigenvalue weighted by Crippen LogP contribution is 2.19. The van der Waals surface area contributed by atoms with Crippen molar-refractivity contribution in [1.29, 1.82) is 0 Å². The number of hydrogen-bond acceptors (Lipinski definition) is 3. The summed E-state index contributed by atoms with van der Waals surface area (Å²) in [5, 5.41) is 3.45. The number of ether oxygens (including phenoxy) is 1. The summed E-state index contributed by atoms with van der Waals surface area (Å²) in [7, 11) is 0. The predicted octanol–water partition coefficient (Wildman–Crippen LogP) is 1.49. The van der Waals surface area contributed by atoms with Gasteiger partial charge in [-0.05, 0) is 51.2 Å². The van der Waals surface area contributed by atoms with E-state index in [9.17, 15) is 0 Å². The lowest BCUT2D eigenvalue weighted by molar-refractivity contribution is 0.0285. The molecule has 2 rings (SSSR count). The number of nitrogens with one attached hydrogen (secondary N) is 1. The highest BCUT2D eigenvalue weighted by atomic mass is 16.5. The molecule has 0 aromatic rings. The summed E-state index contributed by atoms with van der Waals surface area (Å²) < 4.78 is 5.45. The van der Waals surface area contributed by atoms with Gasteiger partial charge in [0, 0.05) is 25.8 Å². The fraction of sp³-hybridized carbons (Fsp3) is 1.00. The van der Waals surface area contributed by atoms with E-state index in [1.54, 1.807) is 0 Å². The van der Waals surface area contributed by atoms with E-state index in [1.165, 1.54) is 51.9 Å². The Kier molecular flexibility index (Phi) is 5.07. The third-order valence-corrected chi connectivity index (χ3v) is 4.06. The van der Waals surface area contributed by atoms with Gasteiger partial charge in [0.05, 0.1) is 0 Å². The summed E-state index contributed by atoms with van der Waals surface area (Å²) in [6.07, 6.45) is 5.19. The highest BCUT2D eigenvalue weighted by Gasteiger charge is 2.23. The van der Waals surface area contributed by atoms with Crippen molar-refractivity contribution < 1.29 is 4.74 Å². The molecule has 2 saturated heterocycles. The van der Waals surface area contributed by atoms with Crippen molar-refractivity contribution in [2.75, 3.05) is 39.4 Å². The standard InChI is InChI=1S/C13H26N2O/c1-2-15(13-5-9-16-10-6-13)11-12-3-7-14-8-4-12/h12-14H,2-11H2,1H3. The maximum atomic E-state index is 5.45. The predicted molar refractivity (Wildman–Crippen MR) is 66.7 cm³/mol. The summed E-state index contributed by atoms with van der Waals surface area (Å²) in [6, 6.07) is 0.786. The molecule has 0 bridgehead atoms. The summed E-state index contributed by atoms with van der Waals surface area (Å²) in [5.74, 6) is 0.920. The summed E-state index contributed by atoms with van der Waals surface area (Å²) in [6.45, 7) is 9.18. The Hall–Kier alpha value is -0.120. The van der Waals surface area contributed by atoms with Crippen LogP contribution >= 0.6 is 0 Å². The molecule has 1 N–H and O–H groups in total. The zero-order chi connectivity index (χ0) is 11.2. The Morgan fingerprint density at radius 1 is 1.12 bits per heavy atom. The van der Waals surface area contributed by atoms with Crippen LogP contribution in [-0.4, -0.2) is 50.3 Å². The Bertz CT molecular complexity index is 186. The van der Waals surface area contributed by atoms with E-state index < -0.39 is 0 Å². The van der Waals surface area contributed by atoms with Crippen LogP contribution in [0.4, 0.5) is 0 Å². The molecule has 2 fully saturated rings. The first-order valence-electron chi connectivity index (χ1n) is 6.92. The first kappa shape index (κ1) is 12.3. The van der Waals surface area contributed by atoms with Crippen molar-refractivity contribution in [3.8, 4) is 0 Å². The molecule has 0 aliphatic carbocycles. The van der Waals surface area contributed by atoms with Gasteiger partial charge in [-0.2, -0.15) is 0 Å². The van der Waals surface area contributed by atoms with Crippen LogP contribution in [-0.2, 0) is 4.74 Å². The number of piperidine rings is 1. The topological polar surface area (TPSA) is 24.5 Å². The first-order chi connectivity index (χ1) is 7.90. The Balaban J connectivity index is 1.78. The second kappa shape index (κ2) is 6.58. The fourth-order valence-corrected chi connectivity index (χ4v) is 2.98. The van der Waals surface area contributed by atoms with Gasteiger partial charge in [0.1, 0.15) is 0 Å². The van der Waals surface area contributed by atoms with Crippen LogP contribution < -0.4 is 5.32 Å². The summed E-state index contributed by atoms with van der Waals surface area (Å²) in [5.41, 5.74) is 0. The van der Waals surface area contributed by atoms with Gasteiger partial charge >= 0.3 is 0 Å². The third-order valence-electron chi connectivity index (χ3n) is 4.06. The molecule has 0 atom stereocenters. The van der Waals surface area contributed by atoms with Crippen LogP contribution in [0.3, 0.4) is 0 Å². The molecular formula is C13H26N2O. The molecule has 0 unspecified atom stereocenters. The first-order valence-corrected chi connectivity index (χ1v) is 6.92. The Morgan fingerprint density at radius 3 is 2.44 bits per heavy atom. The smallest absolute Gasteiger partial charge is 0.0480 e. The van der Waals surface area contributed by atoms with Crippen LogP contribution in [0.2, 0.25) is 0 Å². The largest absolute Gasteiger partial charge is 0.381 e. The van der Waals surface area contributed by atoms with Crippen molar-refractivity contribution in [3.63, 3.8) is 0 Å². The number of rotatable bonds is 4. The van der Waals surface area contributed by atoms with Crippen LogP contribution in [0.5, 0.6) is 0 Å². The lowest BCUT2D eigenvalue weighted by Gasteiger charge is -2.36. The minimum Gasteiger partial charge on any atom is -0.381 e. The van der Waals surface area contributed by atoms with E-state index in [-0.39, 0.29) is 0 Å². The van der Waals surface area contributed by atoms with Gasteiger partial charge in [0.15, 0.2) is 0 Å². The normalized spacial score (nSPS) is 25.1. The molecular weight excluding hydrogens is 200 g/mol. The van der Waals surface area contributed by atoms with Crippen LogP contribution in [0, 0.1) is 5.92 Å². The summed E-state index contributed by atoms with van der Waals surface area (Å²) in [4.78, 5) is 2.69. The maximum Gasteiger partial charge on any atom is 0.0480 e. The van der Waals surface area contributed by atoms with Gasteiger partial charge < -0.3 is 15.0 Å². The average molecular weight is 226 g/mol. The lowest BCUT2D eigenvalue weighted by atomic mass is 9.96. The van der Waals surface area contributed by atoms with E-state index in [1.807, 2.05) is 0 Å². The maximum absolute atomic E-state index is 5.45.